The van der Waals surface area contributed by atoms with E-state index in [2.05, 4.69) is 19.2 Å². The van der Waals surface area contributed by atoms with Crippen LogP contribution >= 0.6 is 0 Å². The van der Waals surface area contributed by atoms with Gasteiger partial charge in [0.1, 0.15) is 5.58 Å². The summed E-state index contributed by atoms with van der Waals surface area (Å²) in [6.07, 6.45) is 1.95. The zero-order valence-corrected chi connectivity index (χ0v) is 12.3. The van der Waals surface area contributed by atoms with Gasteiger partial charge >= 0.3 is 5.63 Å². The second kappa shape index (κ2) is 5.35. The van der Waals surface area contributed by atoms with Crippen LogP contribution in [0, 0.1) is 5.92 Å². The van der Waals surface area contributed by atoms with E-state index < -0.39 is 0 Å². The lowest BCUT2D eigenvalue weighted by molar-refractivity contribution is -0.122. The van der Waals surface area contributed by atoms with Crippen molar-refractivity contribution in [3.8, 4) is 0 Å². The summed E-state index contributed by atoms with van der Waals surface area (Å²) in [6.45, 7) is 4.61. The molecule has 1 N–H and O–H groups in total. The first-order chi connectivity index (χ1) is 10.0. The van der Waals surface area contributed by atoms with Crippen molar-refractivity contribution < 1.29 is 9.21 Å². The minimum atomic E-state index is -0.379. The molecule has 1 fully saturated rings. The number of amides is 1. The maximum atomic E-state index is 11.8. The standard InChI is InChI=1S/C17H19NO3/c1-10(2)12-5-6-15-14(7-12)13(8-16(19)21-15)9-18-17(20)11-3-4-11/h5-8,10-11H,3-4,9H2,1-2H3,(H,18,20). The SMILES string of the molecule is CC(C)c1ccc2oc(=O)cc(CNC(=O)C3CC3)c2c1. The van der Waals surface area contributed by atoms with Gasteiger partial charge in [-0.15, -0.1) is 0 Å². The molecular weight excluding hydrogens is 266 g/mol. The first-order valence-electron chi connectivity index (χ1n) is 7.39. The van der Waals surface area contributed by atoms with Crippen molar-refractivity contribution in [3.63, 3.8) is 0 Å². The number of hydrogen-bond acceptors (Lipinski definition) is 3. The summed E-state index contributed by atoms with van der Waals surface area (Å²) < 4.78 is 5.24. The summed E-state index contributed by atoms with van der Waals surface area (Å²) in [7, 11) is 0. The van der Waals surface area contributed by atoms with Crippen LogP contribution in [0.2, 0.25) is 0 Å². The number of carbonyl (C=O) groups excluding carboxylic acids is 1. The normalized spacial score (nSPS) is 14.6. The topological polar surface area (TPSA) is 59.3 Å². The summed E-state index contributed by atoms with van der Waals surface area (Å²) in [6, 6.07) is 7.32. The molecule has 1 amide bonds. The third kappa shape index (κ3) is 2.99. The Hall–Kier alpha value is -2.10. The van der Waals surface area contributed by atoms with E-state index in [1.807, 2.05) is 18.2 Å². The lowest BCUT2D eigenvalue weighted by atomic mass is 9.99. The molecule has 0 spiro atoms. The highest BCUT2D eigenvalue weighted by Crippen LogP contribution is 2.29. The van der Waals surface area contributed by atoms with Gasteiger partial charge in [0.25, 0.3) is 0 Å². The minimum absolute atomic E-state index is 0.0800. The largest absolute Gasteiger partial charge is 0.423 e. The third-order valence-corrected chi connectivity index (χ3v) is 3.92. The van der Waals surface area contributed by atoms with E-state index in [-0.39, 0.29) is 17.5 Å². The second-order valence-corrected chi connectivity index (χ2v) is 5.99. The Labute approximate surface area is 123 Å². The van der Waals surface area contributed by atoms with Crippen molar-refractivity contribution in [2.45, 2.75) is 39.2 Å². The van der Waals surface area contributed by atoms with Gasteiger partial charge in [-0.25, -0.2) is 4.79 Å². The van der Waals surface area contributed by atoms with E-state index in [1.54, 1.807) is 0 Å². The average Bonchev–Trinajstić information content (AvgIpc) is 3.28. The lowest BCUT2D eigenvalue weighted by Gasteiger charge is -2.10. The Bertz CT molecular complexity index is 741. The Morgan fingerprint density at radius 1 is 1.33 bits per heavy atom. The Morgan fingerprint density at radius 3 is 2.76 bits per heavy atom. The van der Waals surface area contributed by atoms with Gasteiger partial charge in [0.05, 0.1) is 0 Å². The molecule has 0 aliphatic heterocycles. The molecule has 0 unspecified atom stereocenters. The molecule has 110 valence electrons. The number of nitrogens with one attached hydrogen (secondary N) is 1. The summed E-state index contributed by atoms with van der Waals surface area (Å²) in [5, 5.41) is 3.81. The highest BCUT2D eigenvalue weighted by molar-refractivity contribution is 5.83. The number of fused-ring (bicyclic) bond motifs is 1. The van der Waals surface area contributed by atoms with Crippen LogP contribution in [0.3, 0.4) is 0 Å². The summed E-state index contributed by atoms with van der Waals surface area (Å²) in [5.74, 6) is 0.647. The van der Waals surface area contributed by atoms with E-state index in [9.17, 15) is 9.59 Å². The van der Waals surface area contributed by atoms with Gasteiger partial charge in [0, 0.05) is 23.9 Å². The highest BCUT2D eigenvalue weighted by Gasteiger charge is 2.29. The fourth-order valence-corrected chi connectivity index (χ4v) is 2.42. The molecule has 0 atom stereocenters. The summed E-state index contributed by atoms with van der Waals surface area (Å²) in [4.78, 5) is 23.4. The molecule has 1 aliphatic carbocycles. The second-order valence-electron chi connectivity index (χ2n) is 5.99. The average molecular weight is 285 g/mol. The fraction of sp³-hybridized carbons (Fsp3) is 0.412. The molecule has 4 heteroatoms. The lowest BCUT2D eigenvalue weighted by Crippen LogP contribution is -2.24. The smallest absolute Gasteiger partial charge is 0.336 e. The molecule has 1 aliphatic rings. The van der Waals surface area contributed by atoms with Gasteiger partial charge in [-0.1, -0.05) is 19.9 Å². The van der Waals surface area contributed by atoms with E-state index in [0.717, 1.165) is 23.8 Å². The maximum absolute atomic E-state index is 11.8. The predicted octanol–water partition coefficient (Wildman–Crippen LogP) is 2.94. The number of rotatable bonds is 4. The van der Waals surface area contributed by atoms with Crippen LogP contribution in [0.15, 0.2) is 33.5 Å². The quantitative estimate of drug-likeness (QED) is 0.879. The van der Waals surface area contributed by atoms with Gasteiger partial charge in [-0.3, -0.25) is 4.79 Å². The molecule has 4 nitrogen and oxygen atoms in total. The Morgan fingerprint density at radius 2 is 2.10 bits per heavy atom. The van der Waals surface area contributed by atoms with E-state index in [1.165, 1.54) is 11.6 Å². The van der Waals surface area contributed by atoms with Crippen LogP contribution in [0.1, 0.15) is 43.7 Å². The molecule has 21 heavy (non-hydrogen) atoms. The Kier molecular flexibility index (Phi) is 3.53. The number of benzene rings is 1. The van der Waals surface area contributed by atoms with Gasteiger partial charge in [-0.05, 0) is 42.0 Å². The van der Waals surface area contributed by atoms with Gasteiger partial charge in [0.15, 0.2) is 0 Å². The maximum Gasteiger partial charge on any atom is 0.336 e. The van der Waals surface area contributed by atoms with E-state index >= 15 is 0 Å². The molecular formula is C17H19NO3. The molecule has 1 saturated carbocycles. The zero-order valence-electron chi connectivity index (χ0n) is 12.3. The summed E-state index contributed by atoms with van der Waals surface area (Å²) >= 11 is 0. The van der Waals surface area contributed by atoms with Crippen LogP contribution in [-0.4, -0.2) is 5.91 Å². The van der Waals surface area contributed by atoms with Gasteiger partial charge in [-0.2, -0.15) is 0 Å². The molecule has 0 saturated heterocycles. The van der Waals surface area contributed by atoms with Gasteiger partial charge in [0.2, 0.25) is 5.91 Å². The first-order valence-corrected chi connectivity index (χ1v) is 7.39. The fourth-order valence-electron chi connectivity index (χ4n) is 2.42. The van der Waals surface area contributed by atoms with Crippen LogP contribution in [0.25, 0.3) is 11.0 Å². The van der Waals surface area contributed by atoms with Gasteiger partial charge < -0.3 is 9.73 Å². The van der Waals surface area contributed by atoms with E-state index in [4.69, 9.17) is 4.42 Å². The molecule has 0 bridgehead atoms. The van der Waals surface area contributed by atoms with Crippen molar-refractivity contribution in [1.29, 1.82) is 0 Å². The van der Waals surface area contributed by atoms with Crippen molar-refractivity contribution in [2.75, 3.05) is 0 Å². The molecule has 1 aromatic carbocycles. The number of carbonyl (C=O) groups is 1. The van der Waals surface area contributed by atoms with Crippen LogP contribution in [-0.2, 0) is 11.3 Å². The van der Waals surface area contributed by atoms with Crippen molar-refractivity contribution in [2.24, 2.45) is 5.92 Å². The molecule has 1 heterocycles. The molecule has 2 aromatic rings. The summed E-state index contributed by atoms with van der Waals surface area (Å²) in [5.41, 5.74) is 2.20. The highest BCUT2D eigenvalue weighted by atomic mass is 16.4. The molecule has 3 rings (SSSR count). The van der Waals surface area contributed by atoms with Crippen LogP contribution < -0.4 is 10.9 Å². The van der Waals surface area contributed by atoms with Crippen molar-refractivity contribution >= 4 is 16.9 Å². The van der Waals surface area contributed by atoms with Crippen LogP contribution in [0.5, 0.6) is 0 Å². The van der Waals surface area contributed by atoms with E-state index in [0.29, 0.717) is 18.0 Å². The molecule has 1 aromatic heterocycles. The minimum Gasteiger partial charge on any atom is -0.423 e. The first kappa shape index (κ1) is 13.9. The van der Waals surface area contributed by atoms with Crippen molar-refractivity contribution in [1.82, 2.24) is 5.32 Å². The zero-order chi connectivity index (χ0) is 15.0. The number of hydrogen-bond donors (Lipinski definition) is 1. The Balaban J connectivity index is 1.96. The molecule has 0 radical (unpaired) electrons. The van der Waals surface area contributed by atoms with Crippen molar-refractivity contribution in [3.05, 3.63) is 45.8 Å². The van der Waals surface area contributed by atoms with Crippen LogP contribution in [0.4, 0.5) is 0 Å². The monoisotopic (exact) mass is 285 g/mol. The predicted molar refractivity (Wildman–Crippen MR) is 81.1 cm³/mol. The third-order valence-electron chi connectivity index (χ3n) is 3.92.